The maximum absolute atomic E-state index is 11.5. The van der Waals surface area contributed by atoms with Gasteiger partial charge in [0.05, 0.1) is 5.75 Å². The summed E-state index contributed by atoms with van der Waals surface area (Å²) in [5.74, 6) is 0.593. The molecular formula is C12H26N2O2S. The van der Waals surface area contributed by atoms with E-state index in [4.69, 9.17) is 0 Å². The summed E-state index contributed by atoms with van der Waals surface area (Å²) in [6.45, 7) is 4.58. The van der Waals surface area contributed by atoms with Crippen molar-refractivity contribution in [3.63, 3.8) is 0 Å². The minimum absolute atomic E-state index is 0.275. The molecule has 1 saturated heterocycles. The average Bonchev–Trinajstić information content (AvgIpc) is 2.26. The van der Waals surface area contributed by atoms with Gasteiger partial charge in [-0.2, -0.15) is 0 Å². The predicted octanol–water partition coefficient (Wildman–Crippen LogP) is 0.885. The van der Waals surface area contributed by atoms with Crippen LogP contribution in [0.3, 0.4) is 0 Å². The van der Waals surface area contributed by atoms with Gasteiger partial charge in [0, 0.05) is 24.9 Å². The standard InChI is InChI=1S/C12H26N2O2S/c1-3-9-17(15,16)10-7-13-11-12-6-4-5-8-14(12)2/h12-13H,3-11H2,1-2H3. The Hall–Kier alpha value is -0.130. The van der Waals surface area contributed by atoms with Crippen LogP contribution in [-0.2, 0) is 9.84 Å². The Morgan fingerprint density at radius 3 is 2.71 bits per heavy atom. The van der Waals surface area contributed by atoms with Crippen molar-refractivity contribution in [3.8, 4) is 0 Å². The van der Waals surface area contributed by atoms with Crippen molar-refractivity contribution in [2.75, 3.05) is 38.2 Å². The van der Waals surface area contributed by atoms with Crippen LogP contribution in [0.5, 0.6) is 0 Å². The summed E-state index contributed by atoms with van der Waals surface area (Å²) in [6.07, 6.45) is 4.53. The Bertz CT molecular complexity index is 304. The second-order valence-electron chi connectivity index (χ2n) is 4.99. The predicted molar refractivity (Wildman–Crippen MR) is 72.1 cm³/mol. The third-order valence-corrected chi connectivity index (χ3v) is 5.26. The number of likely N-dealkylation sites (tertiary alicyclic amines) is 1. The lowest BCUT2D eigenvalue weighted by Crippen LogP contribution is -2.43. The van der Waals surface area contributed by atoms with Crippen LogP contribution in [-0.4, -0.2) is 57.5 Å². The summed E-state index contributed by atoms with van der Waals surface area (Å²) in [5, 5.41) is 3.28. The third kappa shape index (κ3) is 5.84. The van der Waals surface area contributed by atoms with E-state index in [1.54, 1.807) is 0 Å². The zero-order chi connectivity index (χ0) is 12.7. The first kappa shape index (κ1) is 14.9. The van der Waals surface area contributed by atoms with Crippen LogP contribution in [0, 0.1) is 0 Å². The van der Waals surface area contributed by atoms with Gasteiger partial charge < -0.3 is 10.2 Å². The van der Waals surface area contributed by atoms with Crippen molar-refractivity contribution in [1.29, 1.82) is 0 Å². The Morgan fingerprint density at radius 2 is 2.06 bits per heavy atom. The van der Waals surface area contributed by atoms with Crippen LogP contribution in [0.4, 0.5) is 0 Å². The molecule has 1 N–H and O–H groups in total. The number of rotatable bonds is 7. The Labute approximate surface area is 106 Å². The molecule has 0 aliphatic carbocycles. The number of hydrogen-bond acceptors (Lipinski definition) is 4. The number of likely N-dealkylation sites (N-methyl/N-ethyl adjacent to an activating group) is 1. The van der Waals surface area contributed by atoms with Crippen molar-refractivity contribution in [2.45, 2.75) is 38.6 Å². The molecule has 1 unspecified atom stereocenters. The second-order valence-corrected chi connectivity index (χ2v) is 7.29. The van der Waals surface area contributed by atoms with Gasteiger partial charge in [0.25, 0.3) is 0 Å². The fraction of sp³-hybridized carbons (Fsp3) is 1.00. The molecule has 102 valence electrons. The summed E-state index contributed by atoms with van der Waals surface area (Å²) in [4.78, 5) is 2.37. The minimum atomic E-state index is -2.82. The van der Waals surface area contributed by atoms with E-state index < -0.39 is 9.84 Å². The molecule has 1 aliphatic rings. The van der Waals surface area contributed by atoms with Crippen LogP contribution in [0.1, 0.15) is 32.6 Å². The van der Waals surface area contributed by atoms with Crippen LogP contribution in [0.2, 0.25) is 0 Å². The molecule has 4 nitrogen and oxygen atoms in total. The molecule has 1 aliphatic heterocycles. The molecule has 0 aromatic carbocycles. The van der Waals surface area contributed by atoms with E-state index in [0.29, 0.717) is 24.8 Å². The van der Waals surface area contributed by atoms with Gasteiger partial charge in [0.15, 0.2) is 9.84 Å². The number of sulfone groups is 1. The number of nitrogens with one attached hydrogen (secondary N) is 1. The van der Waals surface area contributed by atoms with Crippen molar-refractivity contribution < 1.29 is 8.42 Å². The molecule has 1 atom stereocenters. The monoisotopic (exact) mass is 262 g/mol. The van der Waals surface area contributed by atoms with Gasteiger partial charge in [-0.25, -0.2) is 8.42 Å². The summed E-state index contributed by atoms with van der Waals surface area (Å²) in [7, 11) is -0.672. The first-order chi connectivity index (χ1) is 8.05. The molecule has 0 radical (unpaired) electrons. The van der Waals surface area contributed by atoms with Gasteiger partial charge in [-0.05, 0) is 32.9 Å². The first-order valence-electron chi connectivity index (χ1n) is 6.66. The third-order valence-electron chi connectivity index (χ3n) is 3.41. The number of hydrogen-bond donors (Lipinski definition) is 1. The molecule has 17 heavy (non-hydrogen) atoms. The highest BCUT2D eigenvalue weighted by Gasteiger charge is 2.18. The minimum Gasteiger partial charge on any atom is -0.314 e. The van der Waals surface area contributed by atoms with Gasteiger partial charge in [0.1, 0.15) is 0 Å². The lowest BCUT2D eigenvalue weighted by atomic mass is 10.0. The van der Waals surface area contributed by atoms with Gasteiger partial charge in [-0.1, -0.05) is 13.3 Å². The molecular weight excluding hydrogens is 236 g/mol. The second kappa shape index (κ2) is 7.34. The summed E-state index contributed by atoms with van der Waals surface area (Å²) < 4.78 is 23.0. The van der Waals surface area contributed by atoms with Gasteiger partial charge >= 0.3 is 0 Å². The molecule has 0 bridgehead atoms. The zero-order valence-corrected chi connectivity index (χ0v) is 11.9. The highest BCUT2D eigenvalue weighted by Crippen LogP contribution is 2.13. The van der Waals surface area contributed by atoms with E-state index in [2.05, 4.69) is 17.3 Å². The van der Waals surface area contributed by atoms with Crippen LogP contribution >= 0.6 is 0 Å². The fourth-order valence-electron chi connectivity index (χ4n) is 2.31. The van der Waals surface area contributed by atoms with Gasteiger partial charge in [-0.15, -0.1) is 0 Å². The smallest absolute Gasteiger partial charge is 0.151 e. The van der Waals surface area contributed by atoms with Crippen molar-refractivity contribution in [2.24, 2.45) is 0 Å². The van der Waals surface area contributed by atoms with E-state index in [9.17, 15) is 8.42 Å². The highest BCUT2D eigenvalue weighted by molar-refractivity contribution is 7.91. The quantitative estimate of drug-likeness (QED) is 0.692. The van der Waals surface area contributed by atoms with Crippen molar-refractivity contribution >= 4 is 9.84 Å². The number of piperidine rings is 1. The fourth-order valence-corrected chi connectivity index (χ4v) is 3.59. The molecule has 1 fully saturated rings. The molecule has 0 aromatic heterocycles. The molecule has 0 spiro atoms. The normalized spacial score (nSPS) is 22.8. The van der Waals surface area contributed by atoms with E-state index >= 15 is 0 Å². The summed E-state index contributed by atoms with van der Waals surface area (Å²) >= 11 is 0. The highest BCUT2D eigenvalue weighted by atomic mass is 32.2. The maximum Gasteiger partial charge on any atom is 0.151 e. The molecule has 0 aromatic rings. The zero-order valence-electron chi connectivity index (χ0n) is 11.1. The molecule has 0 saturated carbocycles. The van der Waals surface area contributed by atoms with Crippen molar-refractivity contribution in [1.82, 2.24) is 10.2 Å². The molecule has 1 heterocycles. The van der Waals surface area contributed by atoms with E-state index in [1.165, 1.54) is 25.8 Å². The van der Waals surface area contributed by atoms with Crippen LogP contribution in [0.15, 0.2) is 0 Å². The van der Waals surface area contributed by atoms with E-state index in [0.717, 1.165) is 6.54 Å². The van der Waals surface area contributed by atoms with Crippen LogP contribution in [0.25, 0.3) is 0 Å². The van der Waals surface area contributed by atoms with Crippen LogP contribution < -0.4 is 5.32 Å². The summed E-state index contributed by atoms with van der Waals surface area (Å²) in [5.41, 5.74) is 0. The lowest BCUT2D eigenvalue weighted by molar-refractivity contribution is 0.182. The average molecular weight is 262 g/mol. The van der Waals surface area contributed by atoms with Gasteiger partial charge in [-0.3, -0.25) is 0 Å². The topological polar surface area (TPSA) is 49.4 Å². The molecule has 5 heteroatoms. The molecule has 0 amide bonds. The van der Waals surface area contributed by atoms with Crippen molar-refractivity contribution in [3.05, 3.63) is 0 Å². The largest absolute Gasteiger partial charge is 0.314 e. The lowest BCUT2D eigenvalue weighted by Gasteiger charge is -2.32. The van der Waals surface area contributed by atoms with E-state index in [-0.39, 0.29) is 5.75 Å². The first-order valence-corrected chi connectivity index (χ1v) is 8.48. The Morgan fingerprint density at radius 1 is 1.29 bits per heavy atom. The Balaban J connectivity index is 2.15. The van der Waals surface area contributed by atoms with Gasteiger partial charge in [0.2, 0.25) is 0 Å². The number of nitrogens with zero attached hydrogens (tertiary/aromatic N) is 1. The Kier molecular flexibility index (Phi) is 6.44. The maximum atomic E-state index is 11.5. The van der Waals surface area contributed by atoms with E-state index in [1.807, 2.05) is 6.92 Å². The SMILES string of the molecule is CCCS(=O)(=O)CCNCC1CCCCN1C. The molecule has 1 rings (SSSR count). The summed E-state index contributed by atoms with van der Waals surface area (Å²) in [6, 6.07) is 0.581.